The van der Waals surface area contributed by atoms with Gasteiger partial charge >= 0.3 is 12.2 Å². The normalized spacial score (nSPS) is 11.3. The zero-order valence-corrected chi connectivity index (χ0v) is 34.2. The van der Waals surface area contributed by atoms with Crippen molar-refractivity contribution >= 4 is 47.6 Å². The third-order valence-corrected chi connectivity index (χ3v) is 5.57. The van der Waals surface area contributed by atoms with Crippen molar-refractivity contribution < 1.29 is 47.8 Å². The molecule has 0 heterocycles. The Balaban J connectivity index is 0. The van der Waals surface area contributed by atoms with Crippen LogP contribution in [0, 0.1) is 0 Å². The van der Waals surface area contributed by atoms with Crippen LogP contribution in [-0.4, -0.2) is 135 Å². The van der Waals surface area contributed by atoms with Crippen LogP contribution in [0.5, 0.6) is 0 Å². The predicted molar refractivity (Wildman–Crippen MR) is 202 cm³/mol. The molecule has 0 spiro atoms. The number of carbonyl (C=O) groups is 8. The van der Waals surface area contributed by atoms with E-state index in [2.05, 4.69) is 53.2 Å². The van der Waals surface area contributed by atoms with Crippen LogP contribution in [0.15, 0.2) is 0 Å². The molecule has 0 radical (unpaired) electrons. The van der Waals surface area contributed by atoms with Gasteiger partial charge in [0.25, 0.3) is 0 Å². The average molecular weight is 775 g/mol. The van der Waals surface area contributed by atoms with E-state index in [1.54, 1.807) is 41.5 Å². The summed E-state index contributed by atoms with van der Waals surface area (Å²) in [6.07, 6.45) is -1.14. The molecule has 0 aliphatic carbocycles. The second-order valence-electron chi connectivity index (χ2n) is 15.9. The first-order valence-corrected chi connectivity index (χ1v) is 17.6. The van der Waals surface area contributed by atoms with Crippen LogP contribution in [0.1, 0.15) is 83.1 Å². The highest BCUT2D eigenvalue weighted by atomic mass is 16.6. The van der Waals surface area contributed by atoms with Gasteiger partial charge in [0.1, 0.15) is 11.2 Å². The molecular weight excluding hydrogens is 708 g/mol. The highest BCUT2D eigenvalue weighted by Gasteiger charge is 2.17. The number of nitrogens with one attached hydrogen (secondary N) is 10. The summed E-state index contributed by atoms with van der Waals surface area (Å²) < 4.78 is 10.1. The fourth-order valence-electron chi connectivity index (χ4n) is 3.14. The Kier molecular flexibility index (Phi) is 24.1. The van der Waals surface area contributed by atoms with Gasteiger partial charge in [-0.05, 0) is 83.1 Å². The quantitative estimate of drug-likeness (QED) is 0.0713. The Hall–Kier alpha value is -4.72. The molecule has 20 heteroatoms. The van der Waals surface area contributed by atoms with E-state index in [0.29, 0.717) is 0 Å². The van der Waals surface area contributed by atoms with Crippen LogP contribution in [0.25, 0.3) is 0 Å². The summed E-state index contributed by atoms with van der Waals surface area (Å²) in [6, 6.07) is 0. The molecule has 0 aliphatic heterocycles. The van der Waals surface area contributed by atoms with Crippen LogP contribution in [0.2, 0.25) is 0 Å². The van der Waals surface area contributed by atoms with Crippen molar-refractivity contribution in [2.75, 3.05) is 65.4 Å². The van der Waals surface area contributed by atoms with E-state index in [1.165, 1.54) is 0 Å². The summed E-state index contributed by atoms with van der Waals surface area (Å²) in [7, 11) is 0. The van der Waals surface area contributed by atoms with Crippen molar-refractivity contribution in [3.8, 4) is 0 Å². The van der Waals surface area contributed by atoms with Gasteiger partial charge in [-0.3, -0.25) is 28.8 Å². The van der Waals surface area contributed by atoms with E-state index in [4.69, 9.17) is 9.47 Å². The molecule has 0 aromatic carbocycles. The van der Waals surface area contributed by atoms with Gasteiger partial charge < -0.3 is 62.6 Å². The van der Waals surface area contributed by atoms with E-state index in [9.17, 15) is 38.4 Å². The molecule has 20 nitrogen and oxygen atoms in total. The maximum absolute atomic E-state index is 11.6. The lowest BCUT2D eigenvalue weighted by molar-refractivity contribution is -0.127. The molecule has 0 aromatic rings. The third kappa shape index (κ3) is 38.5. The van der Waals surface area contributed by atoms with Crippen LogP contribution < -0.4 is 53.2 Å². The van der Waals surface area contributed by atoms with E-state index in [-0.39, 0.29) is 88.3 Å². The Morgan fingerprint density at radius 1 is 0.333 bits per heavy atom. The third-order valence-electron chi connectivity index (χ3n) is 5.57. The topological polar surface area (TPSA) is 275 Å². The number of alkyl carbamates (subject to hydrolysis) is 2. The van der Waals surface area contributed by atoms with Gasteiger partial charge in [-0.25, -0.2) is 9.59 Å². The Labute approximate surface area is 319 Å². The standard InChI is InChI=1S/2C17H33N5O5/c2*1-16(2,3)22-11-14(25)21-10-13(24)20-9-12(23)18-7-8-19-15(26)27-17(4,5)6/h2*22H,7-11H2,1-6H3,(H,18,23)(H,19,26)(H,20,24)(H,21,25). The molecule has 0 rings (SSSR count). The van der Waals surface area contributed by atoms with Crippen molar-refractivity contribution in [2.45, 2.75) is 105 Å². The maximum atomic E-state index is 11.6. The van der Waals surface area contributed by atoms with E-state index >= 15 is 0 Å². The van der Waals surface area contributed by atoms with Gasteiger partial charge in [0.2, 0.25) is 35.4 Å². The smallest absolute Gasteiger partial charge is 0.407 e. The summed E-state index contributed by atoms with van der Waals surface area (Å²) in [5.74, 6) is -2.37. The largest absolute Gasteiger partial charge is 0.444 e. The molecule has 8 amide bonds. The van der Waals surface area contributed by atoms with Gasteiger partial charge in [0.15, 0.2) is 0 Å². The molecule has 0 aromatic heterocycles. The molecule has 0 aliphatic rings. The van der Waals surface area contributed by atoms with E-state index < -0.39 is 47.0 Å². The molecule has 0 saturated heterocycles. The molecule has 10 N–H and O–H groups in total. The van der Waals surface area contributed by atoms with Gasteiger partial charge in [-0.15, -0.1) is 0 Å². The zero-order valence-electron chi connectivity index (χ0n) is 34.2. The number of hydrogen-bond donors (Lipinski definition) is 10. The van der Waals surface area contributed by atoms with E-state index in [0.717, 1.165) is 0 Å². The second-order valence-corrected chi connectivity index (χ2v) is 15.9. The van der Waals surface area contributed by atoms with Crippen LogP contribution in [-0.2, 0) is 38.2 Å². The Morgan fingerprint density at radius 3 is 0.796 bits per heavy atom. The molecular formula is C34H66N10O10. The minimum absolute atomic E-state index is 0.0991. The summed E-state index contributed by atoms with van der Waals surface area (Å²) in [4.78, 5) is 92.4. The predicted octanol–water partition coefficient (Wildman–Crippen LogP) is -1.50. The number of hydrogen-bond acceptors (Lipinski definition) is 12. The fraction of sp³-hybridized carbons (Fsp3) is 0.765. The van der Waals surface area contributed by atoms with Gasteiger partial charge in [0, 0.05) is 37.3 Å². The number of carbonyl (C=O) groups excluding carboxylic acids is 8. The molecule has 0 fully saturated rings. The van der Waals surface area contributed by atoms with Crippen molar-refractivity contribution in [3.63, 3.8) is 0 Å². The van der Waals surface area contributed by atoms with Crippen LogP contribution in [0.3, 0.4) is 0 Å². The number of rotatable bonds is 18. The number of ether oxygens (including phenoxy) is 2. The Bertz CT molecular complexity index is 1140. The fourth-order valence-corrected chi connectivity index (χ4v) is 3.14. The van der Waals surface area contributed by atoms with Gasteiger partial charge in [0.05, 0.1) is 39.3 Å². The summed E-state index contributed by atoms with van der Waals surface area (Å²) in [6.45, 7) is 22.2. The molecule has 54 heavy (non-hydrogen) atoms. The molecule has 0 atom stereocenters. The summed E-state index contributed by atoms with van der Waals surface area (Å²) in [5, 5.41) is 25.8. The monoisotopic (exact) mass is 774 g/mol. The lowest BCUT2D eigenvalue weighted by Crippen LogP contribution is -2.47. The summed E-state index contributed by atoms with van der Waals surface area (Å²) >= 11 is 0. The minimum atomic E-state index is -0.587. The molecule has 0 saturated carbocycles. The number of amides is 8. The van der Waals surface area contributed by atoms with Crippen molar-refractivity contribution in [1.82, 2.24) is 53.2 Å². The van der Waals surface area contributed by atoms with Crippen LogP contribution in [0.4, 0.5) is 9.59 Å². The molecule has 0 bridgehead atoms. The van der Waals surface area contributed by atoms with Gasteiger partial charge in [-0.1, -0.05) is 0 Å². The lowest BCUT2D eigenvalue weighted by atomic mass is 10.1. The highest BCUT2D eigenvalue weighted by Crippen LogP contribution is 2.06. The van der Waals surface area contributed by atoms with Gasteiger partial charge in [-0.2, -0.15) is 0 Å². The van der Waals surface area contributed by atoms with Crippen LogP contribution >= 0.6 is 0 Å². The average Bonchev–Trinajstić information content (AvgIpc) is 3.00. The molecule has 0 unspecified atom stereocenters. The van der Waals surface area contributed by atoms with Crippen molar-refractivity contribution in [2.24, 2.45) is 0 Å². The van der Waals surface area contributed by atoms with Crippen molar-refractivity contribution in [3.05, 3.63) is 0 Å². The minimum Gasteiger partial charge on any atom is -0.444 e. The first-order valence-electron chi connectivity index (χ1n) is 17.6. The van der Waals surface area contributed by atoms with E-state index in [1.807, 2.05) is 41.5 Å². The highest BCUT2D eigenvalue weighted by molar-refractivity contribution is 5.89. The summed E-state index contributed by atoms with van der Waals surface area (Å²) in [5.41, 5.74) is -1.57. The second kappa shape index (κ2) is 25.3. The molecule has 312 valence electrons. The SMILES string of the molecule is CC(C)(C)NCC(=O)NCC(=O)NCC(=O)NCCNC(=O)OC(C)(C)C.CC(C)(C)NCC(=O)NCC(=O)NCC(=O)NCCNC(=O)OC(C)(C)C. The first kappa shape index (κ1) is 51.4. The lowest BCUT2D eigenvalue weighted by Gasteiger charge is -2.20. The maximum Gasteiger partial charge on any atom is 0.407 e. The first-order chi connectivity index (χ1) is 24.6. The Morgan fingerprint density at radius 2 is 0.556 bits per heavy atom. The zero-order chi connectivity index (χ0) is 42.2. The van der Waals surface area contributed by atoms with Crippen molar-refractivity contribution in [1.29, 1.82) is 0 Å².